The molecule has 1 aliphatic rings. The highest BCUT2D eigenvalue weighted by atomic mass is 16.3. The molecule has 0 aromatic carbocycles. The molecule has 1 rings (SSSR count). The van der Waals surface area contributed by atoms with E-state index in [0.29, 0.717) is 5.92 Å². The molecule has 1 heterocycles. The first-order valence-electron chi connectivity index (χ1n) is 3.78. The molecule has 0 aromatic heterocycles. The quantitative estimate of drug-likeness (QED) is 0.512. The van der Waals surface area contributed by atoms with E-state index in [9.17, 15) is 5.11 Å². The average Bonchev–Trinajstić information content (AvgIpc) is 2.34. The minimum absolute atomic E-state index is 0.315. The van der Waals surface area contributed by atoms with Crippen molar-refractivity contribution in [1.82, 2.24) is 10.2 Å². The van der Waals surface area contributed by atoms with Crippen LogP contribution in [0.4, 0.5) is 0 Å². The molecule has 10 heavy (non-hydrogen) atoms. The largest absolute Gasteiger partial charge is 0.378 e. The molecule has 2 unspecified atom stereocenters. The summed E-state index contributed by atoms with van der Waals surface area (Å²) in [6, 6.07) is 0. The van der Waals surface area contributed by atoms with Crippen LogP contribution in [0.5, 0.6) is 0 Å². The molecule has 2 atom stereocenters. The molecule has 1 aliphatic heterocycles. The number of aliphatic hydroxyl groups is 1. The van der Waals surface area contributed by atoms with Gasteiger partial charge >= 0.3 is 0 Å². The Morgan fingerprint density at radius 1 is 1.70 bits per heavy atom. The van der Waals surface area contributed by atoms with Gasteiger partial charge in [0, 0.05) is 12.5 Å². The van der Waals surface area contributed by atoms with Gasteiger partial charge in [-0.25, -0.2) is 0 Å². The lowest BCUT2D eigenvalue weighted by molar-refractivity contribution is 0.0868. The Morgan fingerprint density at radius 2 is 2.40 bits per heavy atom. The van der Waals surface area contributed by atoms with Crippen molar-refractivity contribution in [1.29, 1.82) is 0 Å². The summed E-state index contributed by atoms with van der Waals surface area (Å²) < 4.78 is 0. The van der Waals surface area contributed by atoms with Crippen LogP contribution in [0, 0.1) is 5.92 Å². The van der Waals surface area contributed by atoms with Crippen molar-refractivity contribution in [3.63, 3.8) is 0 Å². The van der Waals surface area contributed by atoms with Gasteiger partial charge in [-0.1, -0.05) is 0 Å². The number of nitrogens with one attached hydrogen (secondary N) is 1. The van der Waals surface area contributed by atoms with E-state index >= 15 is 0 Å². The van der Waals surface area contributed by atoms with Crippen molar-refractivity contribution in [2.24, 2.45) is 5.92 Å². The van der Waals surface area contributed by atoms with Gasteiger partial charge in [0.2, 0.25) is 0 Å². The first-order chi connectivity index (χ1) is 4.74. The van der Waals surface area contributed by atoms with Crippen LogP contribution in [0.25, 0.3) is 0 Å². The van der Waals surface area contributed by atoms with Crippen molar-refractivity contribution in [2.75, 3.05) is 27.2 Å². The van der Waals surface area contributed by atoms with Crippen LogP contribution in [0.15, 0.2) is 0 Å². The van der Waals surface area contributed by atoms with Crippen LogP contribution < -0.4 is 5.32 Å². The maximum atomic E-state index is 9.34. The summed E-state index contributed by atoms with van der Waals surface area (Å²) in [7, 11) is 3.88. The van der Waals surface area contributed by atoms with E-state index in [-0.39, 0.29) is 6.23 Å². The van der Waals surface area contributed by atoms with E-state index < -0.39 is 0 Å². The molecule has 1 saturated heterocycles. The maximum absolute atomic E-state index is 9.34. The lowest BCUT2D eigenvalue weighted by Gasteiger charge is -2.16. The van der Waals surface area contributed by atoms with Gasteiger partial charge in [0.15, 0.2) is 0 Å². The summed E-state index contributed by atoms with van der Waals surface area (Å²) in [4.78, 5) is 2.24. The van der Waals surface area contributed by atoms with E-state index in [0.717, 1.165) is 19.5 Å². The molecular weight excluding hydrogens is 128 g/mol. The second-order valence-corrected chi connectivity index (χ2v) is 3.04. The fraction of sp³-hybridized carbons (Fsp3) is 1.00. The number of likely N-dealkylation sites (tertiary alicyclic amines) is 1. The van der Waals surface area contributed by atoms with Crippen molar-refractivity contribution >= 4 is 0 Å². The Morgan fingerprint density at radius 3 is 2.80 bits per heavy atom. The molecule has 60 valence electrons. The van der Waals surface area contributed by atoms with E-state index in [1.807, 2.05) is 0 Å². The van der Waals surface area contributed by atoms with Crippen LogP contribution in [-0.4, -0.2) is 43.4 Å². The molecule has 0 amide bonds. The van der Waals surface area contributed by atoms with E-state index in [1.165, 1.54) is 0 Å². The summed E-state index contributed by atoms with van der Waals surface area (Å²) >= 11 is 0. The first kappa shape index (κ1) is 7.98. The van der Waals surface area contributed by atoms with Gasteiger partial charge in [-0.15, -0.1) is 0 Å². The van der Waals surface area contributed by atoms with Crippen molar-refractivity contribution in [3.8, 4) is 0 Å². The number of hydrogen-bond donors (Lipinski definition) is 2. The van der Waals surface area contributed by atoms with Crippen LogP contribution in [0.1, 0.15) is 6.42 Å². The van der Waals surface area contributed by atoms with Gasteiger partial charge in [0.1, 0.15) is 6.23 Å². The van der Waals surface area contributed by atoms with E-state index in [2.05, 4.69) is 17.3 Å². The van der Waals surface area contributed by atoms with E-state index in [4.69, 9.17) is 0 Å². The SMILES string of the molecule is CNC(O)C1CCN(C)C1. The molecule has 0 radical (unpaired) electrons. The van der Waals surface area contributed by atoms with Gasteiger partial charge in [-0.3, -0.25) is 5.32 Å². The van der Waals surface area contributed by atoms with Crippen molar-refractivity contribution < 1.29 is 5.11 Å². The third-order valence-corrected chi connectivity index (χ3v) is 2.17. The van der Waals surface area contributed by atoms with Crippen molar-refractivity contribution in [2.45, 2.75) is 12.6 Å². The summed E-state index contributed by atoms with van der Waals surface area (Å²) in [6.07, 6.45) is 0.795. The third kappa shape index (κ3) is 1.68. The van der Waals surface area contributed by atoms with Crippen LogP contribution >= 0.6 is 0 Å². The predicted octanol–water partition coefficient (Wildman–Crippen LogP) is -0.524. The average molecular weight is 144 g/mol. The molecule has 3 heteroatoms. The Hall–Kier alpha value is -0.120. The monoisotopic (exact) mass is 144 g/mol. The summed E-state index contributed by atoms with van der Waals surface area (Å²) in [6.45, 7) is 2.13. The fourth-order valence-electron chi connectivity index (χ4n) is 1.46. The molecule has 0 aliphatic carbocycles. The molecule has 0 bridgehead atoms. The highest BCUT2D eigenvalue weighted by molar-refractivity contribution is 4.76. The summed E-state index contributed by atoms with van der Waals surface area (Å²) in [5, 5.41) is 12.2. The maximum Gasteiger partial charge on any atom is 0.108 e. The Labute approximate surface area is 62.0 Å². The topological polar surface area (TPSA) is 35.5 Å². The highest BCUT2D eigenvalue weighted by Crippen LogP contribution is 2.16. The zero-order valence-electron chi connectivity index (χ0n) is 6.67. The summed E-state index contributed by atoms with van der Waals surface area (Å²) in [5.41, 5.74) is 0. The second kappa shape index (κ2) is 3.32. The Balaban J connectivity index is 2.29. The number of hydrogen-bond acceptors (Lipinski definition) is 3. The highest BCUT2D eigenvalue weighted by Gasteiger charge is 2.24. The van der Waals surface area contributed by atoms with Gasteiger partial charge in [-0.05, 0) is 27.1 Å². The van der Waals surface area contributed by atoms with Gasteiger partial charge in [0.05, 0.1) is 0 Å². The molecule has 0 saturated carbocycles. The van der Waals surface area contributed by atoms with Crippen LogP contribution in [0.3, 0.4) is 0 Å². The second-order valence-electron chi connectivity index (χ2n) is 3.04. The molecule has 2 N–H and O–H groups in total. The normalized spacial score (nSPS) is 30.9. The van der Waals surface area contributed by atoms with Crippen LogP contribution in [0.2, 0.25) is 0 Å². The zero-order chi connectivity index (χ0) is 7.56. The lowest BCUT2D eigenvalue weighted by Crippen LogP contribution is -2.34. The predicted molar refractivity (Wildman–Crippen MR) is 40.7 cm³/mol. The molecule has 0 aromatic rings. The molecule has 1 fully saturated rings. The minimum Gasteiger partial charge on any atom is -0.378 e. The molecule has 3 nitrogen and oxygen atoms in total. The Bertz CT molecular complexity index is 108. The number of rotatable bonds is 2. The smallest absolute Gasteiger partial charge is 0.108 e. The van der Waals surface area contributed by atoms with Gasteiger partial charge < -0.3 is 10.0 Å². The van der Waals surface area contributed by atoms with Crippen LogP contribution in [-0.2, 0) is 0 Å². The molecular formula is C7H16N2O. The standard InChI is InChI=1S/C7H16N2O/c1-8-7(10)6-3-4-9(2)5-6/h6-8,10H,3-5H2,1-2H3. The minimum atomic E-state index is -0.315. The van der Waals surface area contributed by atoms with E-state index in [1.54, 1.807) is 7.05 Å². The molecule has 0 spiro atoms. The Kier molecular flexibility index (Phi) is 2.65. The fourth-order valence-corrected chi connectivity index (χ4v) is 1.46. The van der Waals surface area contributed by atoms with Gasteiger partial charge in [0.25, 0.3) is 0 Å². The zero-order valence-corrected chi connectivity index (χ0v) is 6.67. The van der Waals surface area contributed by atoms with Gasteiger partial charge in [-0.2, -0.15) is 0 Å². The summed E-state index contributed by atoms with van der Waals surface area (Å²) in [5.74, 6) is 0.426. The number of aliphatic hydroxyl groups excluding tert-OH is 1. The third-order valence-electron chi connectivity index (χ3n) is 2.17. The first-order valence-corrected chi connectivity index (χ1v) is 3.78. The van der Waals surface area contributed by atoms with Crippen molar-refractivity contribution in [3.05, 3.63) is 0 Å². The lowest BCUT2D eigenvalue weighted by atomic mass is 10.1. The number of nitrogens with zero attached hydrogens (tertiary/aromatic N) is 1.